The smallest absolute Gasteiger partial charge is 0.122 e. The van der Waals surface area contributed by atoms with Gasteiger partial charge in [0, 0.05) is 23.0 Å². The van der Waals surface area contributed by atoms with Crippen LogP contribution in [0.1, 0.15) is 20.3 Å². The number of carbonyl (C=O) groups is 1. The topological polar surface area (TPSA) is 17.1 Å². The Hall–Kier alpha value is 0.189. The zero-order valence-electron chi connectivity index (χ0n) is 4.57. The summed E-state index contributed by atoms with van der Waals surface area (Å²) in [5, 5.41) is 0. The molecule has 1 atom stereocenters. The third-order valence-corrected chi connectivity index (χ3v) is 0.876. The van der Waals surface area contributed by atoms with E-state index in [1.165, 1.54) is 0 Å². The van der Waals surface area contributed by atoms with Crippen LogP contribution in [0.3, 0.4) is 0 Å². The van der Waals surface area contributed by atoms with Crippen LogP contribution in [0.2, 0.25) is 0 Å². The van der Waals surface area contributed by atoms with E-state index in [0.717, 1.165) is 12.7 Å². The molecule has 2 heteroatoms. The van der Waals surface area contributed by atoms with Crippen LogP contribution in [0.25, 0.3) is 0 Å². The molecule has 0 amide bonds. The molecule has 0 aromatic carbocycles. The van der Waals surface area contributed by atoms with Crippen molar-refractivity contribution in [3.8, 4) is 0 Å². The summed E-state index contributed by atoms with van der Waals surface area (Å²) in [6.07, 6.45) is 1.93. The van der Waals surface area contributed by atoms with Gasteiger partial charge in [0.1, 0.15) is 6.29 Å². The predicted molar refractivity (Wildman–Crippen MR) is 25.5 cm³/mol. The van der Waals surface area contributed by atoms with Gasteiger partial charge in [-0.3, -0.25) is 0 Å². The molecule has 7 heavy (non-hydrogen) atoms. The second-order valence-corrected chi connectivity index (χ2v) is 1.52. The molecule has 0 bridgehead atoms. The SMILES string of the molecule is CCC(C)C=O.[Cu]. The summed E-state index contributed by atoms with van der Waals surface area (Å²) in [6.45, 7) is 3.91. The molecule has 0 saturated heterocycles. The molecule has 0 aliphatic carbocycles. The van der Waals surface area contributed by atoms with Gasteiger partial charge in [0.15, 0.2) is 0 Å². The Morgan fingerprint density at radius 3 is 2.14 bits per heavy atom. The number of hydrogen-bond acceptors (Lipinski definition) is 1. The van der Waals surface area contributed by atoms with Gasteiger partial charge < -0.3 is 4.79 Å². The zero-order valence-corrected chi connectivity index (χ0v) is 5.51. The molecule has 1 nitrogen and oxygen atoms in total. The molecule has 0 spiro atoms. The average Bonchev–Trinajstić information content (AvgIpc) is 1.65. The van der Waals surface area contributed by atoms with Gasteiger partial charge in [-0.05, 0) is 6.42 Å². The monoisotopic (exact) mass is 149 g/mol. The van der Waals surface area contributed by atoms with E-state index in [1.54, 1.807) is 0 Å². The number of aldehydes is 1. The molecule has 0 N–H and O–H groups in total. The van der Waals surface area contributed by atoms with E-state index in [4.69, 9.17) is 0 Å². The van der Waals surface area contributed by atoms with Gasteiger partial charge >= 0.3 is 0 Å². The minimum atomic E-state index is 0. The van der Waals surface area contributed by atoms with E-state index in [1.807, 2.05) is 13.8 Å². The van der Waals surface area contributed by atoms with Crippen LogP contribution >= 0.6 is 0 Å². The fourth-order valence-corrected chi connectivity index (χ4v) is 0.0962. The predicted octanol–water partition coefficient (Wildman–Crippen LogP) is 1.23. The van der Waals surface area contributed by atoms with Crippen molar-refractivity contribution in [2.45, 2.75) is 20.3 Å². The van der Waals surface area contributed by atoms with Crippen LogP contribution < -0.4 is 0 Å². The minimum absolute atomic E-state index is 0. The molecule has 0 saturated carbocycles. The summed E-state index contributed by atoms with van der Waals surface area (Å²) < 4.78 is 0. The van der Waals surface area contributed by atoms with E-state index in [2.05, 4.69) is 0 Å². The van der Waals surface area contributed by atoms with Crippen molar-refractivity contribution < 1.29 is 21.9 Å². The van der Waals surface area contributed by atoms with E-state index in [9.17, 15) is 4.79 Å². The van der Waals surface area contributed by atoms with Crippen LogP contribution in [-0.4, -0.2) is 6.29 Å². The molecule has 0 aromatic heterocycles. The van der Waals surface area contributed by atoms with Crippen LogP contribution in [0, 0.1) is 5.92 Å². The van der Waals surface area contributed by atoms with E-state index < -0.39 is 0 Å². The summed E-state index contributed by atoms with van der Waals surface area (Å²) in [5.41, 5.74) is 0. The van der Waals surface area contributed by atoms with E-state index >= 15 is 0 Å². The van der Waals surface area contributed by atoms with Gasteiger partial charge in [-0.15, -0.1) is 0 Å². The van der Waals surface area contributed by atoms with Crippen molar-refractivity contribution >= 4 is 6.29 Å². The first-order chi connectivity index (χ1) is 2.81. The Morgan fingerprint density at radius 1 is 1.71 bits per heavy atom. The van der Waals surface area contributed by atoms with Crippen LogP contribution in [0.5, 0.6) is 0 Å². The summed E-state index contributed by atoms with van der Waals surface area (Å²) in [7, 11) is 0. The van der Waals surface area contributed by atoms with Crippen molar-refractivity contribution in [1.82, 2.24) is 0 Å². The molecular formula is C5H10CuO. The summed E-state index contributed by atoms with van der Waals surface area (Å²) in [5.74, 6) is 0.255. The third-order valence-electron chi connectivity index (χ3n) is 0.876. The maximum Gasteiger partial charge on any atom is 0.122 e. The Balaban J connectivity index is 0. The molecule has 1 unspecified atom stereocenters. The zero-order chi connectivity index (χ0) is 4.99. The summed E-state index contributed by atoms with van der Waals surface area (Å²) in [4.78, 5) is 9.74. The first kappa shape index (κ1) is 10.2. The third kappa shape index (κ3) is 6.19. The molecule has 0 fully saturated rings. The molecule has 47 valence electrons. The average molecular weight is 150 g/mol. The Labute approximate surface area is 55.0 Å². The van der Waals surface area contributed by atoms with Gasteiger partial charge in [-0.2, -0.15) is 0 Å². The second kappa shape index (κ2) is 6.19. The number of carbonyl (C=O) groups excluding carboxylic acids is 1. The molecule has 0 rings (SSSR count). The maximum atomic E-state index is 9.74. The van der Waals surface area contributed by atoms with Crippen molar-refractivity contribution in [3.05, 3.63) is 0 Å². The molecule has 1 radical (unpaired) electrons. The normalized spacial score (nSPS) is 11.7. The first-order valence-electron chi connectivity index (χ1n) is 2.26. The van der Waals surface area contributed by atoms with Gasteiger partial charge in [0.05, 0.1) is 0 Å². The molecule has 0 aromatic rings. The fraction of sp³-hybridized carbons (Fsp3) is 0.800. The van der Waals surface area contributed by atoms with Gasteiger partial charge in [-0.25, -0.2) is 0 Å². The molecule has 0 heterocycles. The summed E-state index contributed by atoms with van der Waals surface area (Å²) >= 11 is 0. The Morgan fingerprint density at radius 2 is 2.14 bits per heavy atom. The van der Waals surface area contributed by atoms with Gasteiger partial charge in [0.25, 0.3) is 0 Å². The van der Waals surface area contributed by atoms with Gasteiger partial charge in [0.2, 0.25) is 0 Å². The second-order valence-electron chi connectivity index (χ2n) is 1.52. The maximum absolute atomic E-state index is 9.74. The Kier molecular flexibility index (Phi) is 9.04. The number of hydrogen-bond donors (Lipinski definition) is 0. The molecule has 0 aliphatic rings. The fourth-order valence-electron chi connectivity index (χ4n) is 0.0962. The standard InChI is InChI=1S/C5H10O.Cu/c1-3-5(2)4-6;/h4-5H,3H2,1-2H3;. The van der Waals surface area contributed by atoms with Crippen molar-refractivity contribution in [2.24, 2.45) is 5.92 Å². The quantitative estimate of drug-likeness (QED) is 0.427. The van der Waals surface area contributed by atoms with Crippen molar-refractivity contribution in [3.63, 3.8) is 0 Å². The van der Waals surface area contributed by atoms with Gasteiger partial charge in [-0.1, -0.05) is 13.8 Å². The van der Waals surface area contributed by atoms with Crippen LogP contribution in [-0.2, 0) is 21.9 Å². The van der Waals surface area contributed by atoms with Crippen molar-refractivity contribution in [1.29, 1.82) is 0 Å². The summed E-state index contributed by atoms with van der Waals surface area (Å²) in [6, 6.07) is 0. The Bertz CT molecular complexity index is 45.3. The largest absolute Gasteiger partial charge is 0.303 e. The minimum Gasteiger partial charge on any atom is -0.303 e. The van der Waals surface area contributed by atoms with E-state index in [0.29, 0.717) is 0 Å². The van der Waals surface area contributed by atoms with Crippen LogP contribution in [0.4, 0.5) is 0 Å². The van der Waals surface area contributed by atoms with Crippen LogP contribution in [0.15, 0.2) is 0 Å². The molecule has 0 aliphatic heterocycles. The first-order valence-corrected chi connectivity index (χ1v) is 2.26. The van der Waals surface area contributed by atoms with E-state index in [-0.39, 0.29) is 23.0 Å². The molecular weight excluding hydrogens is 140 g/mol. The number of rotatable bonds is 2. The van der Waals surface area contributed by atoms with Crippen molar-refractivity contribution in [2.75, 3.05) is 0 Å².